The normalized spacial score (nSPS) is 11.6. The number of methoxy groups -OCH3 is 1. The van der Waals surface area contributed by atoms with Crippen molar-refractivity contribution in [2.24, 2.45) is 5.73 Å². The zero-order valence-corrected chi connectivity index (χ0v) is 12.1. The highest BCUT2D eigenvalue weighted by Gasteiger charge is 2.15. The third kappa shape index (κ3) is 6.57. The molecule has 0 radical (unpaired) electrons. The molecule has 4 heteroatoms. The van der Waals surface area contributed by atoms with E-state index < -0.39 is 0 Å². The first-order valence-corrected chi connectivity index (χ1v) is 6.62. The number of hydrogen-bond acceptors (Lipinski definition) is 4. The Labute approximate surface area is 115 Å². The van der Waals surface area contributed by atoms with E-state index in [9.17, 15) is 0 Å². The van der Waals surface area contributed by atoms with Crippen molar-refractivity contribution in [3.63, 3.8) is 0 Å². The zero-order chi connectivity index (χ0) is 14.1. The minimum Gasteiger partial charge on any atom is -0.491 e. The van der Waals surface area contributed by atoms with E-state index in [4.69, 9.17) is 19.9 Å². The summed E-state index contributed by atoms with van der Waals surface area (Å²) in [4.78, 5) is 0. The quantitative estimate of drug-likeness (QED) is 0.698. The van der Waals surface area contributed by atoms with Crippen LogP contribution in [-0.4, -0.2) is 32.5 Å². The van der Waals surface area contributed by atoms with Crippen LogP contribution in [0.5, 0.6) is 5.75 Å². The van der Waals surface area contributed by atoms with Crippen molar-refractivity contribution in [1.82, 2.24) is 0 Å². The van der Waals surface area contributed by atoms with Crippen LogP contribution >= 0.6 is 0 Å². The molecule has 0 unspecified atom stereocenters. The standard InChI is InChI=1S/C15H25NO3/c1-15(2,17-3)7-8-18-9-10-19-14-6-4-5-13(11-14)12-16/h4-6,11H,7-10,12,16H2,1-3H3. The minimum atomic E-state index is -0.129. The van der Waals surface area contributed by atoms with Crippen molar-refractivity contribution in [2.75, 3.05) is 26.9 Å². The smallest absolute Gasteiger partial charge is 0.119 e. The van der Waals surface area contributed by atoms with Gasteiger partial charge in [0.05, 0.1) is 12.2 Å². The molecular formula is C15H25NO3. The van der Waals surface area contributed by atoms with Crippen molar-refractivity contribution < 1.29 is 14.2 Å². The zero-order valence-electron chi connectivity index (χ0n) is 12.1. The third-order valence-electron chi connectivity index (χ3n) is 3.03. The Morgan fingerprint density at radius 2 is 1.95 bits per heavy atom. The van der Waals surface area contributed by atoms with Gasteiger partial charge in [-0.05, 0) is 38.0 Å². The average molecular weight is 267 g/mol. The van der Waals surface area contributed by atoms with E-state index >= 15 is 0 Å². The van der Waals surface area contributed by atoms with Crippen molar-refractivity contribution in [1.29, 1.82) is 0 Å². The first-order valence-electron chi connectivity index (χ1n) is 6.62. The molecule has 0 fully saturated rings. The number of rotatable bonds is 9. The van der Waals surface area contributed by atoms with Crippen LogP contribution in [0.25, 0.3) is 0 Å². The topological polar surface area (TPSA) is 53.7 Å². The van der Waals surface area contributed by atoms with Crippen molar-refractivity contribution >= 4 is 0 Å². The maximum Gasteiger partial charge on any atom is 0.119 e. The molecule has 1 aromatic rings. The third-order valence-corrected chi connectivity index (χ3v) is 3.03. The fourth-order valence-electron chi connectivity index (χ4n) is 1.50. The monoisotopic (exact) mass is 267 g/mol. The van der Waals surface area contributed by atoms with E-state index in [0.29, 0.717) is 26.4 Å². The SMILES string of the molecule is COC(C)(C)CCOCCOc1cccc(CN)c1. The van der Waals surface area contributed by atoms with Gasteiger partial charge < -0.3 is 19.9 Å². The van der Waals surface area contributed by atoms with Crippen LogP contribution in [0.15, 0.2) is 24.3 Å². The lowest BCUT2D eigenvalue weighted by molar-refractivity contribution is -0.0128. The highest BCUT2D eigenvalue weighted by molar-refractivity contribution is 5.28. The summed E-state index contributed by atoms with van der Waals surface area (Å²) >= 11 is 0. The number of nitrogens with two attached hydrogens (primary N) is 1. The molecule has 0 bridgehead atoms. The second-order valence-corrected chi connectivity index (χ2v) is 5.03. The van der Waals surface area contributed by atoms with Crippen molar-refractivity contribution in [3.8, 4) is 5.75 Å². The van der Waals surface area contributed by atoms with Crippen molar-refractivity contribution in [3.05, 3.63) is 29.8 Å². The molecule has 0 heterocycles. The summed E-state index contributed by atoms with van der Waals surface area (Å²) in [6, 6.07) is 7.80. The molecule has 4 nitrogen and oxygen atoms in total. The summed E-state index contributed by atoms with van der Waals surface area (Å²) in [5.41, 5.74) is 6.52. The van der Waals surface area contributed by atoms with Gasteiger partial charge in [-0.1, -0.05) is 12.1 Å². The summed E-state index contributed by atoms with van der Waals surface area (Å²) in [6.45, 7) is 6.41. The Hall–Kier alpha value is -1.10. The molecular weight excluding hydrogens is 242 g/mol. The fourth-order valence-corrected chi connectivity index (χ4v) is 1.50. The molecule has 0 atom stereocenters. The van der Waals surface area contributed by atoms with Crippen LogP contribution in [-0.2, 0) is 16.0 Å². The molecule has 1 aromatic carbocycles. The molecule has 0 saturated heterocycles. The number of benzene rings is 1. The first kappa shape index (κ1) is 16.0. The van der Waals surface area contributed by atoms with E-state index in [2.05, 4.69) is 0 Å². The van der Waals surface area contributed by atoms with Crippen LogP contribution in [0.4, 0.5) is 0 Å². The van der Waals surface area contributed by atoms with E-state index in [1.165, 1.54) is 0 Å². The highest BCUT2D eigenvalue weighted by Crippen LogP contribution is 2.13. The Kier molecular flexibility index (Phi) is 6.84. The molecule has 0 aliphatic rings. The molecule has 0 saturated carbocycles. The summed E-state index contributed by atoms with van der Waals surface area (Å²) in [5.74, 6) is 0.837. The van der Waals surface area contributed by atoms with Crippen LogP contribution in [0.1, 0.15) is 25.8 Å². The largest absolute Gasteiger partial charge is 0.491 e. The highest BCUT2D eigenvalue weighted by atomic mass is 16.5. The van der Waals surface area contributed by atoms with E-state index in [1.54, 1.807) is 7.11 Å². The van der Waals surface area contributed by atoms with E-state index in [1.807, 2.05) is 38.1 Å². The Morgan fingerprint density at radius 3 is 2.63 bits per heavy atom. The molecule has 19 heavy (non-hydrogen) atoms. The van der Waals surface area contributed by atoms with Gasteiger partial charge in [-0.2, -0.15) is 0 Å². The Balaban J connectivity index is 2.14. The first-order chi connectivity index (χ1) is 9.07. The van der Waals surface area contributed by atoms with Crippen LogP contribution in [0.2, 0.25) is 0 Å². The predicted octanol–water partition coefficient (Wildman–Crippen LogP) is 2.36. The van der Waals surface area contributed by atoms with Crippen LogP contribution < -0.4 is 10.5 Å². The fraction of sp³-hybridized carbons (Fsp3) is 0.600. The number of ether oxygens (including phenoxy) is 3. The summed E-state index contributed by atoms with van der Waals surface area (Å²) in [7, 11) is 1.72. The molecule has 0 amide bonds. The molecule has 0 spiro atoms. The molecule has 0 aromatic heterocycles. The molecule has 2 N–H and O–H groups in total. The Bertz CT molecular complexity index is 366. The predicted molar refractivity (Wildman–Crippen MR) is 76.4 cm³/mol. The van der Waals surface area contributed by atoms with Gasteiger partial charge in [0.2, 0.25) is 0 Å². The van der Waals surface area contributed by atoms with Gasteiger partial charge in [0.15, 0.2) is 0 Å². The van der Waals surface area contributed by atoms with E-state index in [-0.39, 0.29) is 5.60 Å². The summed E-state index contributed by atoms with van der Waals surface area (Å²) < 4.78 is 16.4. The lowest BCUT2D eigenvalue weighted by atomic mass is 10.1. The van der Waals surface area contributed by atoms with Crippen LogP contribution in [0.3, 0.4) is 0 Å². The maximum absolute atomic E-state index is 5.60. The van der Waals surface area contributed by atoms with Crippen LogP contribution in [0, 0.1) is 0 Å². The van der Waals surface area contributed by atoms with Gasteiger partial charge in [0.1, 0.15) is 12.4 Å². The molecule has 108 valence electrons. The maximum atomic E-state index is 5.60. The minimum absolute atomic E-state index is 0.129. The van der Waals surface area contributed by atoms with Gasteiger partial charge in [-0.3, -0.25) is 0 Å². The summed E-state index contributed by atoms with van der Waals surface area (Å²) in [6.07, 6.45) is 0.867. The second-order valence-electron chi connectivity index (χ2n) is 5.03. The molecule has 0 aliphatic carbocycles. The van der Waals surface area contributed by atoms with Gasteiger partial charge >= 0.3 is 0 Å². The lowest BCUT2D eigenvalue weighted by Crippen LogP contribution is -2.24. The second kappa shape index (κ2) is 8.15. The lowest BCUT2D eigenvalue weighted by Gasteiger charge is -2.22. The molecule has 0 aliphatic heterocycles. The van der Waals surface area contributed by atoms with E-state index in [0.717, 1.165) is 17.7 Å². The van der Waals surface area contributed by atoms with Gasteiger partial charge in [-0.25, -0.2) is 0 Å². The van der Waals surface area contributed by atoms with Gasteiger partial charge in [-0.15, -0.1) is 0 Å². The van der Waals surface area contributed by atoms with Gasteiger partial charge in [0, 0.05) is 20.3 Å². The summed E-state index contributed by atoms with van der Waals surface area (Å²) in [5, 5.41) is 0. The number of hydrogen-bond donors (Lipinski definition) is 1. The Morgan fingerprint density at radius 1 is 1.16 bits per heavy atom. The average Bonchev–Trinajstić information content (AvgIpc) is 2.43. The van der Waals surface area contributed by atoms with Crippen molar-refractivity contribution in [2.45, 2.75) is 32.4 Å². The molecule has 1 rings (SSSR count). The van der Waals surface area contributed by atoms with Gasteiger partial charge in [0.25, 0.3) is 0 Å².